The number of piperazine rings is 1. The molecule has 1 aromatic rings. The molecule has 1 fully saturated rings. The van der Waals surface area contributed by atoms with Crippen molar-refractivity contribution in [3.63, 3.8) is 0 Å². The number of carbonyl (C=O) groups excluding carboxylic acids is 1. The third-order valence-corrected chi connectivity index (χ3v) is 4.54. The van der Waals surface area contributed by atoms with E-state index in [0.717, 1.165) is 12.2 Å². The number of anilines is 1. The number of fused-ring (bicyclic) bond motifs is 3. The fraction of sp³-hybridized carbons (Fsp3) is 0.667. The molecular formula is C18H27N3O3. The van der Waals surface area contributed by atoms with E-state index in [4.69, 9.17) is 4.74 Å². The van der Waals surface area contributed by atoms with E-state index in [2.05, 4.69) is 16.8 Å². The third-order valence-electron chi connectivity index (χ3n) is 4.54. The van der Waals surface area contributed by atoms with Gasteiger partial charge in [-0.2, -0.15) is 0 Å². The van der Waals surface area contributed by atoms with Crippen LogP contribution in [0, 0.1) is 0 Å². The number of amides is 1. The number of hydrogen-bond acceptors (Lipinski definition) is 5. The van der Waals surface area contributed by atoms with Gasteiger partial charge in [-0.15, -0.1) is 0 Å². The third kappa shape index (κ3) is 3.20. The van der Waals surface area contributed by atoms with E-state index >= 15 is 0 Å². The number of pyridine rings is 1. The predicted molar refractivity (Wildman–Crippen MR) is 92.1 cm³/mol. The van der Waals surface area contributed by atoms with Gasteiger partial charge in [0.25, 0.3) is 0 Å². The van der Waals surface area contributed by atoms with E-state index in [1.54, 1.807) is 11.8 Å². The van der Waals surface area contributed by atoms with Gasteiger partial charge in [0.15, 0.2) is 0 Å². The van der Waals surface area contributed by atoms with E-state index in [-0.39, 0.29) is 18.2 Å². The Hall–Kier alpha value is -1.82. The van der Waals surface area contributed by atoms with Crippen LogP contribution in [-0.2, 0) is 11.2 Å². The molecule has 0 spiro atoms. The number of carbonyl (C=O) groups is 1. The molecule has 2 aliphatic heterocycles. The lowest BCUT2D eigenvalue weighted by Gasteiger charge is -2.43. The number of ether oxygens (including phenoxy) is 1. The molecule has 1 saturated heterocycles. The second-order valence-corrected chi connectivity index (χ2v) is 7.89. The van der Waals surface area contributed by atoms with Crippen LogP contribution in [0.5, 0.6) is 0 Å². The normalized spacial score (nSPS) is 24.4. The lowest BCUT2D eigenvalue weighted by molar-refractivity contribution is 0.0191. The Morgan fingerprint density at radius 3 is 2.71 bits per heavy atom. The summed E-state index contributed by atoms with van der Waals surface area (Å²) in [5.74, 6) is 0.953. The first-order valence-electron chi connectivity index (χ1n) is 8.60. The lowest BCUT2D eigenvalue weighted by atomic mass is 10.1. The van der Waals surface area contributed by atoms with Gasteiger partial charge in [-0.3, -0.25) is 0 Å². The highest BCUT2D eigenvalue weighted by atomic mass is 16.6. The van der Waals surface area contributed by atoms with Crippen molar-refractivity contribution in [1.29, 1.82) is 0 Å². The van der Waals surface area contributed by atoms with Gasteiger partial charge in [0.1, 0.15) is 11.4 Å². The Morgan fingerprint density at radius 2 is 2.08 bits per heavy atom. The summed E-state index contributed by atoms with van der Waals surface area (Å²) in [6, 6.07) is 4.31. The monoisotopic (exact) mass is 333 g/mol. The molecule has 2 aliphatic rings. The van der Waals surface area contributed by atoms with Crippen LogP contribution in [0.25, 0.3) is 0 Å². The molecule has 3 rings (SSSR count). The van der Waals surface area contributed by atoms with Crippen molar-refractivity contribution in [2.75, 3.05) is 18.0 Å². The van der Waals surface area contributed by atoms with Crippen molar-refractivity contribution in [3.8, 4) is 0 Å². The highest BCUT2D eigenvalue weighted by Crippen LogP contribution is 2.36. The van der Waals surface area contributed by atoms with E-state index < -0.39 is 11.7 Å². The molecule has 1 N–H and O–H groups in total. The summed E-state index contributed by atoms with van der Waals surface area (Å²) in [5.41, 5.74) is 1.39. The van der Waals surface area contributed by atoms with Crippen LogP contribution < -0.4 is 4.90 Å². The maximum atomic E-state index is 12.4. The van der Waals surface area contributed by atoms with Gasteiger partial charge in [-0.1, -0.05) is 6.07 Å². The quantitative estimate of drug-likeness (QED) is 0.855. The summed E-state index contributed by atoms with van der Waals surface area (Å²) in [7, 11) is 0. The molecule has 3 heterocycles. The van der Waals surface area contributed by atoms with Crippen LogP contribution in [-0.4, -0.2) is 51.9 Å². The molecule has 6 heteroatoms. The van der Waals surface area contributed by atoms with Crippen LogP contribution in [0.2, 0.25) is 0 Å². The molecule has 0 aliphatic carbocycles. The average molecular weight is 333 g/mol. The highest BCUT2D eigenvalue weighted by Gasteiger charge is 2.41. The first kappa shape index (κ1) is 17.0. The van der Waals surface area contributed by atoms with E-state index in [9.17, 15) is 9.90 Å². The Balaban J connectivity index is 1.79. The summed E-state index contributed by atoms with van der Waals surface area (Å²) in [6.45, 7) is 10.7. The molecule has 132 valence electrons. The zero-order valence-corrected chi connectivity index (χ0v) is 15.1. The molecule has 1 aromatic heterocycles. The van der Waals surface area contributed by atoms with Crippen molar-refractivity contribution in [1.82, 2.24) is 9.88 Å². The highest BCUT2D eigenvalue weighted by molar-refractivity contribution is 5.69. The molecule has 0 radical (unpaired) electrons. The fourth-order valence-corrected chi connectivity index (χ4v) is 3.57. The molecule has 1 amide bonds. The summed E-state index contributed by atoms with van der Waals surface area (Å²) in [4.78, 5) is 21.2. The van der Waals surface area contributed by atoms with Gasteiger partial charge in [0, 0.05) is 19.1 Å². The van der Waals surface area contributed by atoms with Gasteiger partial charge in [0.2, 0.25) is 0 Å². The predicted octanol–water partition coefficient (Wildman–Crippen LogP) is 2.51. The molecule has 6 nitrogen and oxygen atoms in total. The Labute approximate surface area is 143 Å². The minimum absolute atomic E-state index is 0.161. The minimum Gasteiger partial charge on any atom is -0.444 e. The maximum absolute atomic E-state index is 12.4. The molecule has 3 atom stereocenters. The van der Waals surface area contributed by atoms with Crippen molar-refractivity contribution in [2.24, 2.45) is 0 Å². The average Bonchev–Trinajstić information content (AvgIpc) is 2.82. The largest absolute Gasteiger partial charge is 0.444 e. The van der Waals surface area contributed by atoms with Gasteiger partial charge >= 0.3 is 6.09 Å². The zero-order chi connectivity index (χ0) is 17.6. The van der Waals surface area contributed by atoms with Gasteiger partial charge in [-0.05, 0) is 52.7 Å². The summed E-state index contributed by atoms with van der Waals surface area (Å²) in [5, 5.41) is 9.79. The molecule has 0 aromatic carbocycles. The number of nitrogens with zero attached hydrogens (tertiary/aromatic N) is 3. The van der Waals surface area contributed by atoms with Gasteiger partial charge in [-0.25, -0.2) is 9.78 Å². The molecule has 0 saturated carbocycles. The van der Waals surface area contributed by atoms with Crippen LogP contribution in [0.1, 0.15) is 52.0 Å². The lowest BCUT2D eigenvalue weighted by Crippen LogP contribution is -2.58. The number of aromatic nitrogens is 1. The molecule has 2 unspecified atom stereocenters. The Kier molecular flexibility index (Phi) is 4.20. The van der Waals surface area contributed by atoms with Gasteiger partial charge < -0.3 is 19.6 Å². The Morgan fingerprint density at radius 1 is 1.38 bits per heavy atom. The van der Waals surface area contributed by atoms with Gasteiger partial charge in [0.05, 0.1) is 17.8 Å². The zero-order valence-electron chi connectivity index (χ0n) is 15.1. The number of aliphatic hydroxyl groups is 1. The van der Waals surface area contributed by atoms with Crippen molar-refractivity contribution in [2.45, 2.75) is 64.8 Å². The first-order chi connectivity index (χ1) is 11.2. The van der Waals surface area contributed by atoms with Crippen molar-refractivity contribution in [3.05, 3.63) is 23.4 Å². The summed E-state index contributed by atoms with van der Waals surface area (Å²) < 4.78 is 5.52. The second kappa shape index (κ2) is 5.92. The second-order valence-electron chi connectivity index (χ2n) is 7.89. The van der Waals surface area contributed by atoms with Crippen LogP contribution >= 0.6 is 0 Å². The Bertz CT molecular complexity index is 639. The van der Waals surface area contributed by atoms with E-state index in [0.29, 0.717) is 18.8 Å². The van der Waals surface area contributed by atoms with E-state index in [1.165, 1.54) is 5.56 Å². The first-order valence-corrected chi connectivity index (χ1v) is 8.60. The number of aliphatic hydroxyl groups excluding tert-OH is 1. The number of rotatable bonds is 1. The van der Waals surface area contributed by atoms with Crippen molar-refractivity contribution < 1.29 is 14.6 Å². The summed E-state index contributed by atoms with van der Waals surface area (Å²) >= 11 is 0. The maximum Gasteiger partial charge on any atom is 0.410 e. The molecule has 24 heavy (non-hydrogen) atoms. The molecule has 0 bridgehead atoms. The standard InChI is InChI=1S/C18H27N3O3/c1-11-9-20(17(23)24-18(3,4)5)10-14-8-13-6-7-15(12(2)22)19-16(13)21(11)14/h6-7,11-12,14,22H,8-10H2,1-5H3/t11?,12-,14?/m0/s1. The van der Waals surface area contributed by atoms with Crippen LogP contribution in [0.3, 0.4) is 0 Å². The molecular weight excluding hydrogens is 306 g/mol. The SMILES string of the molecule is CC1CN(C(=O)OC(C)(C)C)CC2Cc3ccc([C@H](C)O)nc3N12. The van der Waals surface area contributed by atoms with Crippen LogP contribution in [0.4, 0.5) is 10.6 Å². The van der Waals surface area contributed by atoms with E-state index in [1.807, 2.05) is 32.9 Å². The minimum atomic E-state index is -0.576. The smallest absolute Gasteiger partial charge is 0.410 e. The number of hydrogen-bond donors (Lipinski definition) is 1. The topological polar surface area (TPSA) is 65.9 Å². The van der Waals surface area contributed by atoms with Crippen molar-refractivity contribution >= 4 is 11.9 Å². The van der Waals surface area contributed by atoms with Crippen LogP contribution in [0.15, 0.2) is 12.1 Å². The fourth-order valence-electron chi connectivity index (χ4n) is 3.57. The summed E-state index contributed by atoms with van der Waals surface area (Å²) in [6.07, 6.45) is 0.0433.